The number of nitrogens with zero attached hydrogens (tertiary/aromatic N) is 2. The highest BCUT2D eigenvalue weighted by molar-refractivity contribution is 7.27. The molecule has 8 heteroatoms. The Bertz CT molecular complexity index is 1590. The zero-order valence-electron chi connectivity index (χ0n) is 31.3. The summed E-state index contributed by atoms with van der Waals surface area (Å²) in [5, 5.41) is 0. The summed E-state index contributed by atoms with van der Waals surface area (Å²) >= 11 is 0. The van der Waals surface area contributed by atoms with Crippen LogP contribution in [0.15, 0.2) is 61.2 Å². The lowest BCUT2D eigenvalue weighted by Crippen LogP contribution is -2.22. The third-order valence-corrected chi connectivity index (χ3v) is 9.65. The van der Waals surface area contributed by atoms with Crippen molar-refractivity contribution in [2.24, 2.45) is 0 Å². The van der Waals surface area contributed by atoms with E-state index in [2.05, 4.69) is 119 Å². The second-order valence-electron chi connectivity index (χ2n) is 16.6. The van der Waals surface area contributed by atoms with E-state index in [0.29, 0.717) is 11.5 Å². The second-order valence-corrected chi connectivity index (χ2v) is 17.7. The van der Waals surface area contributed by atoms with E-state index in [1.54, 1.807) is 24.8 Å². The van der Waals surface area contributed by atoms with Gasteiger partial charge in [-0.3, -0.25) is 9.97 Å². The van der Waals surface area contributed by atoms with Crippen LogP contribution in [0.4, 0.5) is 0 Å². The lowest BCUT2D eigenvalue weighted by atomic mass is 9.72. The first-order valence-corrected chi connectivity index (χ1v) is 18.2. The van der Waals surface area contributed by atoms with Crippen molar-refractivity contribution in [1.82, 2.24) is 9.97 Å². The van der Waals surface area contributed by atoms with E-state index in [9.17, 15) is 0 Å². The Morgan fingerprint density at radius 2 is 0.812 bits per heavy atom. The first-order valence-electron chi connectivity index (χ1n) is 16.6. The fourth-order valence-corrected chi connectivity index (χ4v) is 7.15. The summed E-state index contributed by atoms with van der Waals surface area (Å²) < 4.78 is 25.9. The van der Waals surface area contributed by atoms with Crippen LogP contribution in [0.1, 0.15) is 116 Å². The van der Waals surface area contributed by atoms with Gasteiger partial charge in [-0.15, -0.1) is 0 Å². The smallest absolute Gasteiger partial charge is 0.275 e. The van der Waals surface area contributed by atoms with E-state index < -0.39 is 0 Å². The largest absolute Gasteiger partial charge is 0.440 e. The summed E-state index contributed by atoms with van der Waals surface area (Å²) in [5.74, 6) is 2.95. The number of pyridine rings is 2. The van der Waals surface area contributed by atoms with Crippen LogP contribution in [0.2, 0.25) is 0 Å². The maximum atomic E-state index is 6.82. The molecule has 0 aliphatic rings. The third kappa shape index (κ3) is 8.68. The molecular weight excluding hydrogens is 634 g/mol. The molecule has 2 unspecified atom stereocenters. The summed E-state index contributed by atoms with van der Waals surface area (Å²) in [6.07, 6.45) is 6.88. The van der Waals surface area contributed by atoms with E-state index in [1.807, 2.05) is 24.3 Å². The highest BCUT2D eigenvalue weighted by Crippen LogP contribution is 2.54. The molecule has 48 heavy (non-hydrogen) atoms. The number of aromatic nitrogens is 2. The molecule has 6 nitrogen and oxygen atoms in total. The van der Waals surface area contributed by atoms with Crippen molar-refractivity contribution < 1.29 is 18.1 Å². The molecule has 0 bridgehead atoms. The van der Waals surface area contributed by atoms with Crippen molar-refractivity contribution >= 4 is 18.1 Å². The fraction of sp³-hybridized carbons (Fsp3) is 0.450. The highest BCUT2D eigenvalue weighted by Gasteiger charge is 2.35. The van der Waals surface area contributed by atoms with E-state index in [1.165, 1.54) is 11.1 Å². The molecule has 0 saturated heterocycles. The molecular formula is C40H54N2O4P2. The number of rotatable bonds is 9. The summed E-state index contributed by atoms with van der Waals surface area (Å²) in [5.41, 5.74) is 8.45. The molecule has 0 spiro atoms. The molecule has 4 rings (SSSR count). The van der Waals surface area contributed by atoms with Gasteiger partial charge in [0.1, 0.15) is 23.0 Å². The van der Waals surface area contributed by atoms with Gasteiger partial charge in [-0.2, -0.15) is 0 Å². The lowest BCUT2D eigenvalue weighted by Gasteiger charge is -2.35. The molecule has 2 heterocycles. The molecule has 0 aliphatic heterocycles. The average molecular weight is 689 g/mol. The van der Waals surface area contributed by atoms with Gasteiger partial charge in [0.15, 0.2) is 0 Å². The standard InChI is InChI=1S/C40H54N2O4P2/c1-25-29(37(3,4)5)21-31(39(9,10)11)35(45-47-43-27-17-15-19-41-23-27)33(25)34-26(2)30(38(6,7)8)22-32(40(12,13)14)36(34)46-48-44-28-18-16-20-42-24-28/h15-24,47-48H,1-14H3. The predicted octanol–water partition coefficient (Wildman–Crippen LogP) is 11.9. The molecule has 2 aromatic heterocycles. The first-order chi connectivity index (χ1) is 22.2. The highest BCUT2D eigenvalue weighted by atomic mass is 31.1. The molecule has 0 fully saturated rings. The van der Waals surface area contributed by atoms with Gasteiger partial charge in [0, 0.05) is 34.6 Å². The lowest BCUT2D eigenvalue weighted by molar-refractivity contribution is 0.483. The SMILES string of the molecule is Cc1c(C(C)(C)C)cc(C(C)(C)C)c(OPOc2cccnc2)c1-c1c(C)c(C(C)(C)C)cc(C(C)(C)C)c1OPOc1cccnc1. The van der Waals surface area contributed by atoms with Crippen LogP contribution in [0.5, 0.6) is 23.0 Å². The Labute approximate surface area is 292 Å². The quantitative estimate of drug-likeness (QED) is 0.163. The van der Waals surface area contributed by atoms with Gasteiger partial charge in [0.2, 0.25) is 0 Å². The molecule has 0 radical (unpaired) electrons. The van der Waals surface area contributed by atoms with Crippen molar-refractivity contribution in [3.8, 4) is 34.1 Å². The van der Waals surface area contributed by atoms with Crippen LogP contribution in [-0.4, -0.2) is 9.97 Å². The maximum absolute atomic E-state index is 6.82. The van der Waals surface area contributed by atoms with Crippen molar-refractivity contribution in [1.29, 1.82) is 0 Å². The number of hydrogen-bond donors (Lipinski definition) is 0. The van der Waals surface area contributed by atoms with E-state index >= 15 is 0 Å². The number of hydrogen-bond acceptors (Lipinski definition) is 6. The third-order valence-electron chi connectivity index (χ3n) is 8.44. The minimum atomic E-state index is -0.279. The van der Waals surface area contributed by atoms with Crippen molar-refractivity contribution in [3.63, 3.8) is 0 Å². The average Bonchev–Trinajstić information content (AvgIpc) is 2.96. The van der Waals surface area contributed by atoms with Gasteiger partial charge < -0.3 is 18.1 Å². The van der Waals surface area contributed by atoms with Gasteiger partial charge in [-0.25, -0.2) is 0 Å². The summed E-state index contributed by atoms with van der Waals surface area (Å²) in [6, 6.07) is 12.2. The van der Waals surface area contributed by atoms with Crippen LogP contribution in [0.3, 0.4) is 0 Å². The van der Waals surface area contributed by atoms with Crippen LogP contribution in [0, 0.1) is 13.8 Å². The normalized spacial score (nSPS) is 13.0. The van der Waals surface area contributed by atoms with Gasteiger partial charge in [-0.05, 0) is 82.0 Å². The molecule has 0 amide bonds. The second kappa shape index (κ2) is 14.3. The summed E-state index contributed by atoms with van der Waals surface area (Å²) in [7, 11) is -0.557. The molecule has 2 atom stereocenters. The van der Waals surface area contributed by atoms with E-state index in [0.717, 1.165) is 44.9 Å². The summed E-state index contributed by atoms with van der Waals surface area (Å²) in [6.45, 7) is 31.6. The topological polar surface area (TPSA) is 62.7 Å². The van der Waals surface area contributed by atoms with Gasteiger partial charge in [-0.1, -0.05) is 95.2 Å². The molecule has 0 N–H and O–H groups in total. The minimum absolute atomic E-state index is 0.125. The van der Waals surface area contributed by atoms with Crippen molar-refractivity contribution in [2.75, 3.05) is 0 Å². The molecule has 0 aliphatic carbocycles. The first kappa shape index (κ1) is 37.6. The van der Waals surface area contributed by atoms with Crippen molar-refractivity contribution in [3.05, 3.63) is 94.6 Å². The zero-order chi connectivity index (χ0) is 35.7. The fourth-order valence-electron chi connectivity index (χ4n) is 6.04. The van der Waals surface area contributed by atoms with Gasteiger partial charge >= 0.3 is 0 Å². The van der Waals surface area contributed by atoms with Crippen LogP contribution < -0.4 is 18.1 Å². The maximum Gasteiger partial charge on any atom is 0.275 e. The van der Waals surface area contributed by atoms with Gasteiger partial charge in [0.25, 0.3) is 18.1 Å². The Hall–Kier alpha value is -3.20. The van der Waals surface area contributed by atoms with Crippen LogP contribution in [-0.2, 0) is 21.7 Å². The zero-order valence-corrected chi connectivity index (χ0v) is 33.3. The molecule has 4 aromatic rings. The Kier molecular flexibility index (Phi) is 11.2. The Morgan fingerprint density at radius 3 is 1.08 bits per heavy atom. The Morgan fingerprint density at radius 1 is 0.479 bits per heavy atom. The van der Waals surface area contributed by atoms with Gasteiger partial charge in [0.05, 0.1) is 12.4 Å². The van der Waals surface area contributed by atoms with E-state index in [4.69, 9.17) is 18.1 Å². The van der Waals surface area contributed by atoms with Crippen LogP contribution >= 0.6 is 18.1 Å². The predicted molar refractivity (Wildman–Crippen MR) is 204 cm³/mol. The van der Waals surface area contributed by atoms with Crippen molar-refractivity contribution in [2.45, 2.75) is 119 Å². The van der Waals surface area contributed by atoms with Crippen LogP contribution in [0.25, 0.3) is 11.1 Å². The molecule has 2 aromatic carbocycles. The number of benzene rings is 2. The minimum Gasteiger partial charge on any atom is -0.440 e. The molecule has 258 valence electrons. The molecule has 0 saturated carbocycles. The Balaban J connectivity index is 2.10. The van der Waals surface area contributed by atoms with E-state index in [-0.39, 0.29) is 39.7 Å². The summed E-state index contributed by atoms with van der Waals surface area (Å²) in [4.78, 5) is 8.43. The monoisotopic (exact) mass is 688 g/mol.